The van der Waals surface area contributed by atoms with Crippen molar-refractivity contribution in [3.05, 3.63) is 87.4 Å². The lowest BCUT2D eigenvalue weighted by Crippen LogP contribution is -2.16. The fraction of sp³-hybridized carbons (Fsp3) is 0.130. The molecule has 0 aliphatic rings. The van der Waals surface area contributed by atoms with Crippen LogP contribution in [-0.4, -0.2) is 26.5 Å². The summed E-state index contributed by atoms with van der Waals surface area (Å²) in [5, 5.41) is 6.48. The Labute approximate surface area is 196 Å². The third kappa shape index (κ3) is 6.09. The molecule has 0 aliphatic carbocycles. The molecule has 0 fully saturated rings. The van der Waals surface area contributed by atoms with Crippen LogP contribution in [0, 0.1) is 6.92 Å². The number of benzene rings is 3. The van der Waals surface area contributed by atoms with Gasteiger partial charge in [0.2, 0.25) is 5.91 Å². The number of carbonyl (C=O) groups excluding carboxylic acids is 2. The van der Waals surface area contributed by atoms with Crippen molar-refractivity contribution < 1.29 is 18.0 Å². The van der Waals surface area contributed by atoms with Gasteiger partial charge in [-0.05, 0) is 66.6 Å². The second kappa shape index (κ2) is 9.73. The van der Waals surface area contributed by atoms with Gasteiger partial charge in [0, 0.05) is 33.2 Å². The predicted molar refractivity (Wildman–Crippen MR) is 127 cm³/mol. The summed E-state index contributed by atoms with van der Waals surface area (Å²) >= 11 is 12.0. The van der Waals surface area contributed by atoms with Crippen LogP contribution in [0.1, 0.15) is 21.5 Å². The lowest BCUT2D eigenvalue weighted by Gasteiger charge is -2.12. The Kier molecular flexibility index (Phi) is 7.23. The Morgan fingerprint density at radius 1 is 0.938 bits per heavy atom. The highest BCUT2D eigenvalue weighted by atomic mass is 35.5. The molecule has 6 nitrogen and oxygen atoms in total. The second-order valence-corrected chi connectivity index (χ2v) is 10.1. The van der Waals surface area contributed by atoms with Crippen LogP contribution < -0.4 is 10.6 Å². The molecule has 166 valence electrons. The average Bonchev–Trinajstić information content (AvgIpc) is 2.71. The standard InChI is InChI=1S/C23H20Cl2N2O4S/c1-14-10-18(26-22(28)12-15-6-7-17(24)13-20(15)25)8-9-21(14)27-23(29)16-4-3-5-19(11-16)32(2,30)31/h3-11,13H,12H2,1-2H3,(H,26,28)(H,27,29). The molecule has 2 N–H and O–H groups in total. The van der Waals surface area contributed by atoms with E-state index in [0.29, 0.717) is 27.0 Å². The number of anilines is 2. The van der Waals surface area contributed by atoms with Crippen LogP contribution >= 0.6 is 23.2 Å². The van der Waals surface area contributed by atoms with Gasteiger partial charge in [0.25, 0.3) is 5.91 Å². The normalized spacial score (nSPS) is 11.1. The minimum Gasteiger partial charge on any atom is -0.326 e. The van der Waals surface area contributed by atoms with Gasteiger partial charge in [0.15, 0.2) is 9.84 Å². The molecule has 9 heteroatoms. The fourth-order valence-electron chi connectivity index (χ4n) is 2.99. The van der Waals surface area contributed by atoms with E-state index in [1.165, 1.54) is 24.3 Å². The van der Waals surface area contributed by atoms with Gasteiger partial charge in [-0.15, -0.1) is 0 Å². The summed E-state index contributed by atoms with van der Waals surface area (Å²) in [6, 6.07) is 15.8. The SMILES string of the molecule is Cc1cc(NC(=O)Cc2ccc(Cl)cc2Cl)ccc1NC(=O)c1cccc(S(C)(=O)=O)c1. The minimum atomic E-state index is -3.42. The topological polar surface area (TPSA) is 92.3 Å². The molecule has 0 unspecified atom stereocenters. The molecule has 32 heavy (non-hydrogen) atoms. The molecule has 3 aromatic rings. The van der Waals surface area contributed by atoms with Crippen molar-refractivity contribution in [2.45, 2.75) is 18.2 Å². The molecule has 0 bridgehead atoms. The molecule has 3 rings (SSSR count). The molecule has 0 aliphatic heterocycles. The van der Waals surface area contributed by atoms with Crippen LogP contribution in [0.3, 0.4) is 0 Å². The van der Waals surface area contributed by atoms with Crippen LogP contribution in [0.15, 0.2) is 65.6 Å². The molecule has 0 saturated heterocycles. The van der Waals surface area contributed by atoms with E-state index in [9.17, 15) is 18.0 Å². The predicted octanol–water partition coefficient (Wildman–Crippen LogP) is 5.14. The summed E-state index contributed by atoms with van der Waals surface area (Å²) in [7, 11) is -3.42. The van der Waals surface area contributed by atoms with E-state index < -0.39 is 15.7 Å². The Bertz CT molecular complexity index is 1310. The van der Waals surface area contributed by atoms with Crippen LogP contribution in [0.2, 0.25) is 10.0 Å². The zero-order chi connectivity index (χ0) is 23.5. The van der Waals surface area contributed by atoms with Gasteiger partial charge in [-0.1, -0.05) is 35.3 Å². The Morgan fingerprint density at radius 3 is 2.34 bits per heavy atom. The fourth-order valence-corrected chi connectivity index (χ4v) is 4.13. The van der Waals surface area contributed by atoms with Crippen molar-refractivity contribution in [3.8, 4) is 0 Å². The first kappa shape index (κ1) is 23.8. The summed E-state index contributed by atoms with van der Waals surface area (Å²) in [5.74, 6) is -0.684. The zero-order valence-corrected chi connectivity index (χ0v) is 19.6. The first-order chi connectivity index (χ1) is 15.0. The molecule has 0 spiro atoms. The molecule has 3 aromatic carbocycles. The van der Waals surface area contributed by atoms with Crippen LogP contribution in [0.25, 0.3) is 0 Å². The minimum absolute atomic E-state index is 0.0701. The molecule has 0 aromatic heterocycles. The third-order valence-corrected chi connectivity index (χ3v) is 6.35. The molecule has 0 atom stereocenters. The molecule has 2 amide bonds. The number of sulfone groups is 1. The Hall–Kier alpha value is -2.87. The number of rotatable bonds is 6. The van der Waals surface area contributed by atoms with Crippen LogP contribution in [0.5, 0.6) is 0 Å². The van der Waals surface area contributed by atoms with Crippen molar-refractivity contribution in [1.82, 2.24) is 0 Å². The maximum absolute atomic E-state index is 12.6. The number of halogens is 2. The van der Waals surface area contributed by atoms with Gasteiger partial charge < -0.3 is 10.6 Å². The molecular weight excluding hydrogens is 471 g/mol. The summed E-state index contributed by atoms with van der Waals surface area (Å²) in [5.41, 5.74) is 2.71. The van der Waals surface area contributed by atoms with Crippen LogP contribution in [0.4, 0.5) is 11.4 Å². The lowest BCUT2D eigenvalue weighted by molar-refractivity contribution is -0.115. The highest BCUT2D eigenvalue weighted by molar-refractivity contribution is 7.90. The van der Waals surface area contributed by atoms with Gasteiger partial charge in [0.1, 0.15) is 0 Å². The molecule has 0 radical (unpaired) electrons. The number of hydrogen-bond acceptors (Lipinski definition) is 4. The number of nitrogens with one attached hydrogen (secondary N) is 2. The lowest BCUT2D eigenvalue weighted by atomic mass is 10.1. The van der Waals surface area contributed by atoms with Crippen molar-refractivity contribution in [3.63, 3.8) is 0 Å². The number of aryl methyl sites for hydroxylation is 1. The number of carbonyl (C=O) groups is 2. The van der Waals surface area contributed by atoms with E-state index >= 15 is 0 Å². The van der Waals surface area contributed by atoms with Crippen molar-refractivity contribution in [2.24, 2.45) is 0 Å². The zero-order valence-electron chi connectivity index (χ0n) is 17.3. The smallest absolute Gasteiger partial charge is 0.255 e. The van der Waals surface area contributed by atoms with Gasteiger partial charge in [-0.2, -0.15) is 0 Å². The number of amides is 2. The number of hydrogen-bond donors (Lipinski definition) is 2. The Balaban J connectivity index is 1.68. The largest absolute Gasteiger partial charge is 0.326 e. The molecule has 0 saturated carbocycles. The van der Waals surface area contributed by atoms with Gasteiger partial charge in [-0.25, -0.2) is 8.42 Å². The first-order valence-corrected chi connectivity index (χ1v) is 12.1. The van der Waals surface area contributed by atoms with E-state index in [2.05, 4.69) is 10.6 Å². The Morgan fingerprint density at radius 2 is 1.69 bits per heavy atom. The van der Waals surface area contributed by atoms with Crippen LogP contribution in [-0.2, 0) is 21.1 Å². The van der Waals surface area contributed by atoms with Gasteiger partial charge in [0.05, 0.1) is 11.3 Å². The summed E-state index contributed by atoms with van der Waals surface area (Å²) in [6.07, 6.45) is 1.17. The van der Waals surface area contributed by atoms with E-state index in [0.717, 1.165) is 11.8 Å². The summed E-state index contributed by atoms with van der Waals surface area (Å²) in [6.45, 7) is 1.79. The van der Waals surface area contributed by atoms with Crippen molar-refractivity contribution >= 4 is 56.2 Å². The van der Waals surface area contributed by atoms with E-state index in [4.69, 9.17) is 23.2 Å². The van der Waals surface area contributed by atoms with E-state index in [1.807, 2.05) is 0 Å². The maximum atomic E-state index is 12.6. The highest BCUT2D eigenvalue weighted by Gasteiger charge is 2.13. The summed E-state index contributed by atoms with van der Waals surface area (Å²) in [4.78, 5) is 25.0. The monoisotopic (exact) mass is 490 g/mol. The molecular formula is C23H20Cl2N2O4S. The third-order valence-electron chi connectivity index (χ3n) is 4.65. The van der Waals surface area contributed by atoms with E-state index in [-0.39, 0.29) is 22.8 Å². The van der Waals surface area contributed by atoms with Gasteiger partial charge in [-0.3, -0.25) is 9.59 Å². The maximum Gasteiger partial charge on any atom is 0.255 e. The second-order valence-electron chi connectivity index (χ2n) is 7.24. The highest BCUT2D eigenvalue weighted by Crippen LogP contribution is 2.23. The quantitative estimate of drug-likeness (QED) is 0.500. The first-order valence-electron chi connectivity index (χ1n) is 9.49. The molecule has 0 heterocycles. The summed E-state index contributed by atoms with van der Waals surface area (Å²) < 4.78 is 23.4. The van der Waals surface area contributed by atoms with Gasteiger partial charge >= 0.3 is 0 Å². The van der Waals surface area contributed by atoms with E-state index in [1.54, 1.807) is 43.3 Å². The van der Waals surface area contributed by atoms with Crippen molar-refractivity contribution in [2.75, 3.05) is 16.9 Å². The average molecular weight is 491 g/mol. The van der Waals surface area contributed by atoms with Crippen molar-refractivity contribution in [1.29, 1.82) is 0 Å².